The summed E-state index contributed by atoms with van der Waals surface area (Å²) in [5, 5.41) is 0. The monoisotopic (exact) mass is 387 g/mol. The van der Waals surface area contributed by atoms with Gasteiger partial charge in [0.05, 0.1) is 13.7 Å². The van der Waals surface area contributed by atoms with Crippen molar-refractivity contribution in [3.63, 3.8) is 0 Å². The molecule has 0 radical (unpaired) electrons. The van der Waals surface area contributed by atoms with Gasteiger partial charge < -0.3 is 19.1 Å². The van der Waals surface area contributed by atoms with Crippen molar-refractivity contribution in [1.29, 1.82) is 0 Å². The molecule has 0 saturated carbocycles. The second-order valence-electron chi connectivity index (χ2n) is 7.77. The molecule has 28 heavy (non-hydrogen) atoms. The zero-order chi connectivity index (χ0) is 20.3. The first kappa shape index (κ1) is 20.0. The molecule has 2 aromatic rings. The number of ether oxygens (including phenoxy) is 3. The maximum absolute atomic E-state index is 14.8. The number of rotatable bonds is 4. The molecule has 0 spiro atoms. The van der Waals surface area contributed by atoms with E-state index in [2.05, 4.69) is 0 Å². The number of hydrogen-bond donors (Lipinski definition) is 0. The molecule has 1 aliphatic rings. The zero-order valence-corrected chi connectivity index (χ0v) is 16.8. The third-order valence-corrected chi connectivity index (χ3v) is 4.49. The number of carbonyl (C=O) groups excluding carboxylic acids is 1. The quantitative estimate of drug-likeness (QED) is 0.763. The molecule has 0 bridgehead atoms. The summed E-state index contributed by atoms with van der Waals surface area (Å²) >= 11 is 0. The molecule has 0 atom stereocenters. The standard InChI is InChI=1S/C22H26FNO4/c1-22(2,3)28-21(25)24-11-10-16-17(13-24)18(12-19(26-4)20(16)23)27-14-15-8-6-5-7-9-15/h5-9,12H,10-11,13-14H2,1-4H3. The molecule has 1 amide bonds. The highest BCUT2D eigenvalue weighted by molar-refractivity contribution is 5.69. The Morgan fingerprint density at radius 1 is 1.14 bits per heavy atom. The Labute approximate surface area is 165 Å². The Morgan fingerprint density at radius 2 is 1.86 bits per heavy atom. The SMILES string of the molecule is COc1cc(OCc2ccccc2)c2c(c1F)CCN(C(=O)OC(C)(C)C)C2. The maximum atomic E-state index is 14.8. The summed E-state index contributed by atoms with van der Waals surface area (Å²) in [6.07, 6.45) is -0.0392. The van der Waals surface area contributed by atoms with Crippen LogP contribution in [-0.4, -0.2) is 30.2 Å². The summed E-state index contributed by atoms with van der Waals surface area (Å²) in [6, 6.07) is 11.3. The molecule has 1 heterocycles. The van der Waals surface area contributed by atoms with Gasteiger partial charge >= 0.3 is 6.09 Å². The van der Waals surface area contributed by atoms with Crippen LogP contribution < -0.4 is 9.47 Å². The number of hydrogen-bond acceptors (Lipinski definition) is 4. The molecule has 150 valence electrons. The van der Waals surface area contributed by atoms with Gasteiger partial charge in [0.15, 0.2) is 11.6 Å². The smallest absolute Gasteiger partial charge is 0.410 e. The Morgan fingerprint density at radius 3 is 2.50 bits per heavy atom. The van der Waals surface area contributed by atoms with Crippen LogP contribution in [0.15, 0.2) is 36.4 Å². The first-order chi connectivity index (χ1) is 13.3. The number of carbonyl (C=O) groups is 1. The van der Waals surface area contributed by atoms with Crippen molar-refractivity contribution in [2.24, 2.45) is 0 Å². The minimum Gasteiger partial charge on any atom is -0.494 e. The van der Waals surface area contributed by atoms with E-state index in [9.17, 15) is 9.18 Å². The molecular weight excluding hydrogens is 361 g/mol. The van der Waals surface area contributed by atoms with Crippen LogP contribution in [0, 0.1) is 5.82 Å². The average Bonchev–Trinajstić information content (AvgIpc) is 2.66. The number of benzene rings is 2. The van der Waals surface area contributed by atoms with Gasteiger partial charge in [-0.15, -0.1) is 0 Å². The minimum atomic E-state index is -0.588. The van der Waals surface area contributed by atoms with Crippen LogP contribution in [0.5, 0.6) is 11.5 Å². The minimum absolute atomic E-state index is 0.146. The third kappa shape index (κ3) is 4.55. The van der Waals surface area contributed by atoms with Crippen LogP contribution in [-0.2, 0) is 24.3 Å². The largest absolute Gasteiger partial charge is 0.494 e. The number of nitrogens with zero attached hydrogens (tertiary/aromatic N) is 1. The zero-order valence-electron chi connectivity index (χ0n) is 16.8. The van der Waals surface area contributed by atoms with E-state index in [1.165, 1.54) is 7.11 Å². The summed E-state index contributed by atoms with van der Waals surface area (Å²) in [6.45, 7) is 6.42. The fourth-order valence-electron chi connectivity index (χ4n) is 3.15. The van der Waals surface area contributed by atoms with Crippen molar-refractivity contribution in [3.05, 3.63) is 58.9 Å². The highest BCUT2D eigenvalue weighted by Gasteiger charge is 2.30. The second-order valence-corrected chi connectivity index (χ2v) is 7.77. The molecule has 0 fully saturated rings. The van der Waals surface area contributed by atoms with Gasteiger partial charge in [0.2, 0.25) is 0 Å². The lowest BCUT2D eigenvalue weighted by Crippen LogP contribution is -2.40. The Hall–Kier alpha value is -2.76. The van der Waals surface area contributed by atoms with E-state index in [0.717, 1.165) is 5.56 Å². The molecule has 5 nitrogen and oxygen atoms in total. The summed E-state index contributed by atoms with van der Waals surface area (Å²) < 4.78 is 31.4. The Balaban J connectivity index is 1.87. The third-order valence-electron chi connectivity index (χ3n) is 4.49. The molecule has 2 aromatic carbocycles. The lowest BCUT2D eigenvalue weighted by molar-refractivity contribution is 0.0220. The van der Waals surface area contributed by atoms with E-state index in [-0.39, 0.29) is 12.3 Å². The lowest BCUT2D eigenvalue weighted by atomic mass is 9.97. The topological polar surface area (TPSA) is 48.0 Å². The van der Waals surface area contributed by atoms with Gasteiger partial charge in [-0.2, -0.15) is 0 Å². The Bertz CT molecular complexity index is 846. The van der Waals surface area contributed by atoms with Crippen LogP contribution in [0.4, 0.5) is 9.18 Å². The van der Waals surface area contributed by atoms with Crippen molar-refractivity contribution in [2.75, 3.05) is 13.7 Å². The molecular formula is C22H26FNO4. The van der Waals surface area contributed by atoms with Crippen LogP contribution >= 0.6 is 0 Å². The molecule has 0 aliphatic carbocycles. The Kier molecular flexibility index (Phi) is 5.77. The number of methoxy groups -OCH3 is 1. The van der Waals surface area contributed by atoms with Gasteiger partial charge in [-0.05, 0) is 32.8 Å². The highest BCUT2D eigenvalue weighted by atomic mass is 19.1. The van der Waals surface area contributed by atoms with Crippen LogP contribution in [0.3, 0.4) is 0 Å². The van der Waals surface area contributed by atoms with Crippen molar-refractivity contribution in [2.45, 2.75) is 45.9 Å². The molecule has 1 aliphatic heterocycles. The highest BCUT2D eigenvalue weighted by Crippen LogP contribution is 2.37. The molecule has 0 saturated heterocycles. The summed E-state index contributed by atoms with van der Waals surface area (Å²) in [4.78, 5) is 14.0. The average molecular weight is 387 g/mol. The van der Waals surface area contributed by atoms with Gasteiger partial charge in [0.1, 0.15) is 18.0 Å². The summed E-state index contributed by atoms with van der Waals surface area (Å²) in [5.41, 5.74) is 1.60. The predicted molar refractivity (Wildman–Crippen MR) is 104 cm³/mol. The lowest BCUT2D eigenvalue weighted by Gasteiger charge is -2.32. The fraction of sp³-hybridized carbons (Fsp3) is 0.409. The predicted octanol–water partition coefficient (Wildman–Crippen LogP) is 4.71. The van der Waals surface area contributed by atoms with Crippen LogP contribution in [0.1, 0.15) is 37.5 Å². The van der Waals surface area contributed by atoms with E-state index in [1.807, 2.05) is 51.1 Å². The van der Waals surface area contributed by atoms with Gasteiger partial charge in [0, 0.05) is 23.7 Å². The van der Waals surface area contributed by atoms with Crippen LogP contribution in [0.25, 0.3) is 0 Å². The van der Waals surface area contributed by atoms with Crippen molar-refractivity contribution in [3.8, 4) is 11.5 Å². The number of amides is 1. The molecule has 6 heteroatoms. The molecule has 0 N–H and O–H groups in total. The van der Waals surface area contributed by atoms with E-state index < -0.39 is 17.5 Å². The molecule has 3 rings (SSSR count). The number of fused-ring (bicyclic) bond motifs is 1. The van der Waals surface area contributed by atoms with E-state index in [1.54, 1.807) is 11.0 Å². The van der Waals surface area contributed by atoms with Gasteiger partial charge in [-0.25, -0.2) is 9.18 Å². The number of halogens is 1. The second kappa shape index (κ2) is 8.09. The first-order valence-electron chi connectivity index (χ1n) is 9.31. The molecule has 0 aromatic heterocycles. The van der Waals surface area contributed by atoms with E-state index >= 15 is 0 Å². The normalized spacial score (nSPS) is 13.7. The van der Waals surface area contributed by atoms with Crippen molar-refractivity contribution in [1.82, 2.24) is 4.90 Å². The van der Waals surface area contributed by atoms with Gasteiger partial charge in [0.25, 0.3) is 0 Å². The van der Waals surface area contributed by atoms with E-state index in [4.69, 9.17) is 14.2 Å². The van der Waals surface area contributed by atoms with Gasteiger partial charge in [-0.1, -0.05) is 30.3 Å². The van der Waals surface area contributed by atoms with Crippen molar-refractivity contribution < 1.29 is 23.4 Å². The van der Waals surface area contributed by atoms with E-state index in [0.29, 0.717) is 36.4 Å². The first-order valence-corrected chi connectivity index (χ1v) is 9.31. The maximum Gasteiger partial charge on any atom is 0.410 e. The summed E-state index contributed by atoms with van der Waals surface area (Å²) in [7, 11) is 1.43. The fourth-order valence-corrected chi connectivity index (χ4v) is 3.15. The molecule has 0 unspecified atom stereocenters. The summed E-state index contributed by atoms with van der Waals surface area (Å²) in [5.74, 6) is 0.270. The van der Waals surface area contributed by atoms with Crippen LogP contribution in [0.2, 0.25) is 0 Å². The van der Waals surface area contributed by atoms with Gasteiger partial charge in [-0.3, -0.25) is 0 Å². The van der Waals surface area contributed by atoms with Crippen molar-refractivity contribution >= 4 is 6.09 Å².